The average Bonchev–Trinajstić information content (AvgIpc) is 2.55. The van der Waals surface area contributed by atoms with E-state index in [1.807, 2.05) is 24.3 Å². The van der Waals surface area contributed by atoms with E-state index in [9.17, 15) is 5.11 Å². The average molecular weight is 300 g/mol. The lowest BCUT2D eigenvalue weighted by Gasteiger charge is -2.33. The molecule has 4 heteroatoms. The Morgan fingerprint density at radius 3 is 2.55 bits per heavy atom. The van der Waals surface area contributed by atoms with Crippen LogP contribution in [-0.2, 0) is 0 Å². The van der Waals surface area contributed by atoms with Crippen LogP contribution in [0.5, 0.6) is 5.75 Å². The van der Waals surface area contributed by atoms with Crippen LogP contribution in [0.4, 0.5) is 0 Å². The summed E-state index contributed by atoms with van der Waals surface area (Å²) in [4.78, 5) is 4.61. The first-order chi connectivity index (χ1) is 10.7. The molecule has 1 unspecified atom stereocenters. The lowest BCUT2D eigenvalue weighted by atomic mass is 10.1. The van der Waals surface area contributed by atoms with Gasteiger partial charge in [-0.2, -0.15) is 0 Å². The molecule has 1 N–H and O–H groups in total. The van der Waals surface area contributed by atoms with E-state index >= 15 is 0 Å². The molecule has 1 aliphatic rings. The highest BCUT2D eigenvalue weighted by Gasteiger charge is 2.17. The van der Waals surface area contributed by atoms with E-state index in [0.717, 1.165) is 37.3 Å². The fraction of sp³-hybridized carbons (Fsp3) is 0.444. The minimum Gasteiger partial charge on any atom is -0.491 e. The Labute approximate surface area is 131 Å². The number of benzene rings is 2. The highest BCUT2D eigenvalue weighted by Crippen LogP contribution is 2.20. The van der Waals surface area contributed by atoms with Crippen molar-refractivity contribution in [1.82, 2.24) is 9.80 Å². The van der Waals surface area contributed by atoms with Crippen LogP contribution in [0, 0.1) is 0 Å². The summed E-state index contributed by atoms with van der Waals surface area (Å²) in [6.07, 6.45) is -0.449. The minimum atomic E-state index is -0.449. The van der Waals surface area contributed by atoms with E-state index in [0.29, 0.717) is 13.2 Å². The molecule has 1 heterocycles. The molecule has 2 aromatic rings. The van der Waals surface area contributed by atoms with Gasteiger partial charge in [0.05, 0.1) is 0 Å². The minimum absolute atomic E-state index is 0.338. The van der Waals surface area contributed by atoms with Crippen molar-refractivity contribution in [1.29, 1.82) is 0 Å². The molecule has 0 aliphatic carbocycles. The smallest absolute Gasteiger partial charge is 0.120 e. The second-order valence-electron chi connectivity index (χ2n) is 6.08. The number of aliphatic hydroxyl groups is 1. The molecule has 1 fully saturated rings. The summed E-state index contributed by atoms with van der Waals surface area (Å²) in [6, 6.07) is 14.3. The molecule has 1 aliphatic heterocycles. The summed E-state index contributed by atoms with van der Waals surface area (Å²) in [5, 5.41) is 12.5. The lowest BCUT2D eigenvalue weighted by Crippen LogP contribution is -2.47. The van der Waals surface area contributed by atoms with Crippen molar-refractivity contribution < 1.29 is 9.84 Å². The van der Waals surface area contributed by atoms with Crippen LogP contribution < -0.4 is 4.74 Å². The van der Waals surface area contributed by atoms with Gasteiger partial charge in [-0.1, -0.05) is 30.3 Å². The maximum atomic E-state index is 10.2. The van der Waals surface area contributed by atoms with Gasteiger partial charge in [-0.3, -0.25) is 4.90 Å². The number of hydrogen-bond donors (Lipinski definition) is 1. The third kappa shape index (κ3) is 3.97. The molecule has 3 rings (SSSR count). The first-order valence-electron chi connectivity index (χ1n) is 7.91. The summed E-state index contributed by atoms with van der Waals surface area (Å²) in [5.41, 5.74) is 0. The number of β-amino-alcohol motifs (C(OH)–C–C–N with tert-alkyl or cyclic N) is 1. The van der Waals surface area contributed by atoms with E-state index in [4.69, 9.17) is 4.74 Å². The van der Waals surface area contributed by atoms with Crippen LogP contribution in [0.1, 0.15) is 0 Å². The van der Waals surface area contributed by atoms with Crippen molar-refractivity contribution in [3.05, 3.63) is 42.5 Å². The molecule has 22 heavy (non-hydrogen) atoms. The van der Waals surface area contributed by atoms with Gasteiger partial charge in [0, 0.05) is 32.7 Å². The maximum Gasteiger partial charge on any atom is 0.120 e. The largest absolute Gasteiger partial charge is 0.491 e. The Morgan fingerprint density at radius 2 is 1.77 bits per heavy atom. The number of ether oxygens (including phenoxy) is 1. The summed E-state index contributed by atoms with van der Waals surface area (Å²) in [7, 11) is 2.14. The molecule has 0 amide bonds. The zero-order chi connectivity index (χ0) is 15.4. The zero-order valence-corrected chi connectivity index (χ0v) is 13.1. The highest BCUT2D eigenvalue weighted by molar-refractivity contribution is 5.83. The van der Waals surface area contributed by atoms with Gasteiger partial charge in [-0.25, -0.2) is 0 Å². The monoisotopic (exact) mass is 300 g/mol. The number of fused-ring (bicyclic) bond motifs is 1. The molecule has 0 radical (unpaired) electrons. The standard InChI is InChI=1S/C18H24N2O2/c1-19-8-10-20(11-9-19)13-17(21)14-22-18-7-6-15-4-2-3-5-16(15)12-18/h2-7,12,17,21H,8-11,13-14H2,1H3. The molecule has 0 saturated carbocycles. The molecule has 0 bridgehead atoms. The SMILES string of the molecule is CN1CCN(CC(O)COc2ccc3ccccc3c2)CC1. The van der Waals surface area contributed by atoms with Gasteiger partial charge >= 0.3 is 0 Å². The van der Waals surface area contributed by atoms with Crippen LogP contribution in [0.25, 0.3) is 10.8 Å². The number of hydrogen-bond acceptors (Lipinski definition) is 4. The molecule has 0 spiro atoms. The number of nitrogens with zero attached hydrogens (tertiary/aromatic N) is 2. The van der Waals surface area contributed by atoms with Crippen molar-refractivity contribution in [2.45, 2.75) is 6.10 Å². The molecule has 0 aromatic heterocycles. The first-order valence-corrected chi connectivity index (χ1v) is 7.91. The summed E-state index contributed by atoms with van der Waals surface area (Å²) in [5.74, 6) is 0.816. The van der Waals surface area contributed by atoms with Crippen LogP contribution in [0.2, 0.25) is 0 Å². The summed E-state index contributed by atoms with van der Waals surface area (Å²) in [6.45, 7) is 5.19. The third-order valence-corrected chi connectivity index (χ3v) is 4.23. The van der Waals surface area contributed by atoms with Crippen molar-refractivity contribution >= 4 is 10.8 Å². The van der Waals surface area contributed by atoms with Crippen LogP contribution in [0.15, 0.2) is 42.5 Å². The van der Waals surface area contributed by atoms with Gasteiger partial charge in [0.2, 0.25) is 0 Å². The van der Waals surface area contributed by atoms with Crippen molar-refractivity contribution in [2.24, 2.45) is 0 Å². The molecule has 2 aromatic carbocycles. The zero-order valence-electron chi connectivity index (χ0n) is 13.1. The van der Waals surface area contributed by atoms with Crippen molar-refractivity contribution in [3.63, 3.8) is 0 Å². The van der Waals surface area contributed by atoms with Gasteiger partial charge in [0.25, 0.3) is 0 Å². The quantitative estimate of drug-likeness (QED) is 0.914. The van der Waals surface area contributed by atoms with E-state index in [1.54, 1.807) is 0 Å². The predicted molar refractivity (Wildman–Crippen MR) is 89.4 cm³/mol. The van der Waals surface area contributed by atoms with Crippen LogP contribution in [-0.4, -0.2) is 67.4 Å². The van der Waals surface area contributed by atoms with E-state index in [2.05, 4.69) is 35.0 Å². The number of aliphatic hydroxyl groups excluding tert-OH is 1. The van der Waals surface area contributed by atoms with Gasteiger partial charge in [-0.15, -0.1) is 0 Å². The predicted octanol–water partition coefficient (Wildman–Crippen LogP) is 1.83. The number of likely N-dealkylation sites (N-methyl/N-ethyl adjacent to an activating group) is 1. The lowest BCUT2D eigenvalue weighted by molar-refractivity contribution is 0.0505. The van der Waals surface area contributed by atoms with Gasteiger partial charge in [0.15, 0.2) is 0 Å². The summed E-state index contributed by atoms with van der Waals surface area (Å²) < 4.78 is 5.75. The van der Waals surface area contributed by atoms with Crippen molar-refractivity contribution in [2.75, 3.05) is 46.4 Å². The second kappa shape index (κ2) is 7.09. The Kier molecular flexibility index (Phi) is 4.93. The third-order valence-electron chi connectivity index (χ3n) is 4.23. The fourth-order valence-electron chi connectivity index (χ4n) is 2.83. The Morgan fingerprint density at radius 1 is 1.05 bits per heavy atom. The van der Waals surface area contributed by atoms with E-state index < -0.39 is 6.10 Å². The molecular weight excluding hydrogens is 276 g/mol. The van der Waals surface area contributed by atoms with Crippen LogP contribution in [0.3, 0.4) is 0 Å². The normalized spacial score (nSPS) is 18.5. The van der Waals surface area contributed by atoms with Gasteiger partial charge in [0.1, 0.15) is 18.5 Å². The van der Waals surface area contributed by atoms with Gasteiger partial charge < -0.3 is 14.7 Å². The molecular formula is C18H24N2O2. The molecule has 1 atom stereocenters. The second-order valence-corrected chi connectivity index (χ2v) is 6.08. The Hall–Kier alpha value is -1.62. The molecule has 4 nitrogen and oxygen atoms in total. The van der Waals surface area contributed by atoms with E-state index in [-0.39, 0.29) is 0 Å². The summed E-state index contributed by atoms with van der Waals surface area (Å²) >= 11 is 0. The highest BCUT2D eigenvalue weighted by atomic mass is 16.5. The van der Waals surface area contributed by atoms with E-state index in [1.165, 1.54) is 5.39 Å². The first kappa shape index (κ1) is 15.3. The topological polar surface area (TPSA) is 35.9 Å². The number of rotatable bonds is 5. The Bertz CT molecular complexity index is 609. The molecule has 1 saturated heterocycles. The number of piperazine rings is 1. The van der Waals surface area contributed by atoms with Gasteiger partial charge in [-0.05, 0) is 30.0 Å². The van der Waals surface area contributed by atoms with Crippen LogP contribution >= 0.6 is 0 Å². The maximum absolute atomic E-state index is 10.2. The van der Waals surface area contributed by atoms with Crippen molar-refractivity contribution in [3.8, 4) is 5.75 Å². The molecule has 118 valence electrons. The Balaban J connectivity index is 1.50. The fourth-order valence-corrected chi connectivity index (χ4v) is 2.83.